The van der Waals surface area contributed by atoms with Gasteiger partial charge in [0.2, 0.25) is 0 Å². The van der Waals surface area contributed by atoms with Crippen LogP contribution in [0.15, 0.2) is 28.4 Å². The first-order valence-electron chi connectivity index (χ1n) is 5.56. The molecular formula is C12H12N2OS2. The fourth-order valence-corrected chi connectivity index (χ4v) is 3.02. The molecule has 0 atom stereocenters. The Morgan fingerprint density at radius 3 is 3.00 bits per heavy atom. The third-order valence-electron chi connectivity index (χ3n) is 2.81. The summed E-state index contributed by atoms with van der Waals surface area (Å²) in [6.45, 7) is 0.721. The average molecular weight is 264 g/mol. The Balaban J connectivity index is 1.78. The van der Waals surface area contributed by atoms with Crippen LogP contribution in [0.2, 0.25) is 0 Å². The van der Waals surface area contributed by atoms with E-state index in [0.29, 0.717) is 11.7 Å². The number of thiophene rings is 1. The van der Waals surface area contributed by atoms with Crippen molar-refractivity contribution < 1.29 is 4.79 Å². The van der Waals surface area contributed by atoms with E-state index in [1.807, 2.05) is 21.7 Å². The predicted octanol–water partition coefficient (Wildman–Crippen LogP) is 3.01. The van der Waals surface area contributed by atoms with E-state index < -0.39 is 0 Å². The van der Waals surface area contributed by atoms with Gasteiger partial charge in [0, 0.05) is 16.3 Å². The van der Waals surface area contributed by atoms with Crippen LogP contribution in [0.1, 0.15) is 28.2 Å². The van der Waals surface area contributed by atoms with Crippen LogP contribution >= 0.6 is 22.7 Å². The van der Waals surface area contributed by atoms with E-state index >= 15 is 0 Å². The van der Waals surface area contributed by atoms with Gasteiger partial charge in [-0.15, -0.1) is 22.7 Å². The molecule has 0 spiro atoms. The van der Waals surface area contributed by atoms with Gasteiger partial charge in [0.1, 0.15) is 5.69 Å². The van der Waals surface area contributed by atoms with Crippen molar-refractivity contribution in [3.63, 3.8) is 0 Å². The van der Waals surface area contributed by atoms with Gasteiger partial charge in [-0.1, -0.05) is 6.07 Å². The molecule has 2 aromatic heterocycles. The topological polar surface area (TPSA) is 33.2 Å². The molecule has 2 heterocycles. The van der Waals surface area contributed by atoms with Crippen molar-refractivity contribution in [2.45, 2.75) is 25.4 Å². The molecule has 0 aliphatic heterocycles. The summed E-state index contributed by atoms with van der Waals surface area (Å²) in [6.07, 6.45) is 2.25. The van der Waals surface area contributed by atoms with Crippen molar-refractivity contribution in [3.8, 4) is 0 Å². The minimum Gasteiger partial charge on any atom is -0.329 e. The minimum atomic E-state index is 0.0714. The smallest absolute Gasteiger partial charge is 0.273 e. The fraction of sp³-hybridized carbons (Fsp3) is 0.333. The lowest BCUT2D eigenvalue weighted by Gasteiger charge is -2.20. The van der Waals surface area contributed by atoms with Crippen molar-refractivity contribution in [1.29, 1.82) is 0 Å². The molecule has 3 rings (SSSR count). The van der Waals surface area contributed by atoms with Crippen molar-refractivity contribution in [2.24, 2.45) is 0 Å². The second kappa shape index (κ2) is 4.58. The standard InChI is InChI=1S/C12H12N2OS2/c15-12(11-7-16-8-13-11)14(9-3-4-9)6-10-2-1-5-17-10/h1-2,5,7-9H,3-4,6H2. The SMILES string of the molecule is O=C(c1cscn1)N(Cc1cccs1)C1CC1. The highest BCUT2D eigenvalue weighted by atomic mass is 32.1. The zero-order valence-electron chi connectivity index (χ0n) is 9.20. The summed E-state index contributed by atoms with van der Waals surface area (Å²) < 4.78 is 0. The highest BCUT2D eigenvalue weighted by molar-refractivity contribution is 7.09. The number of rotatable bonds is 4. The molecule has 1 aliphatic carbocycles. The quantitative estimate of drug-likeness (QED) is 0.850. The molecule has 0 N–H and O–H groups in total. The molecule has 1 fully saturated rings. The second-order valence-electron chi connectivity index (χ2n) is 4.12. The summed E-state index contributed by atoms with van der Waals surface area (Å²) in [6, 6.07) is 4.53. The molecular weight excluding hydrogens is 252 g/mol. The first-order chi connectivity index (χ1) is 8.34. The Morgan fingerprint density at radius 2 is 2.41 bits per heavy atom. The van der Waals surface area contributed by atoms with E-state index in [1.54, 1.807) is 16.8 Å². The Kier molecular flexibility index (Phi) is 2.94. The molecule has 88 valence electrons. The first kappa shape index (κ1) is 10.9. The molecule has 1 saturated carbocycles. The van der Waals surface area contributed by atoms with Gasteiger partial charge >= 0.3 is 0 Å². The molecule has 5 heteroatoms. The number of nitrogens with zero attached hydrogens (tertiary/aromatic N) is 2. The van der Waals surface area contributed by atoms with E-state index in [4.69, 9.17) is 0 Å². The summed E-state index contributed by atoms with van der Waals surface area (Å²) in [5, 5.41) is 3.87. The number of hydrogen-bond donors (Lipinski definition) is 0. The molecule has 0 bridgehead atoms. The number of carbonyl (C=O) groups excluding carboxylic acids is 1. The molecule has 0 radical (unpaired) electrons. The molecule has 3 nitrogen and oxygen atoms in total. The number of hydrogen-bond acceptors (Lipinski definition) is 4. The molecule has 1 aliphatic rings. The van der Waals surface area contributed by atoms with Gasteiger partial charge < -0.3 is 4.90 Å². The number of carbonyl (C=O) groups is 1. The highest BCUT2D eigenvalue weighted by Crippen LogP contribution is 2.30. The third kappa shape index (κ3) is 2.40. The van der Waals surface area contributed by atoms with E-state index in [9.17, 15) is 4.79 Å². The highest BCUT2D eigenvalue weighted by Gasteiger charge is 2.33. The third-order valence-corrected chi connectivity index (χ3v) is 4.25. The number of amides is 1. The largest absolute Gasteiger partial charge is 0.329 e. The van der Waals surface area contributed by atoms with Gasteiger partial charge in [0.25, 0.3) is 5.91 Å². The van der Waals surface area contributed by atoms with Crippen molar-refractivity contribution in [3.05, 3.63) is 39.0 Å². The summed E-state index contributed by atoms with van der Waals surface area (Å²) in [5.41, 5.74) is 2.29. The molecule has 0 saturated heterocycles. The van der Waals surface area contributed by atoms with Gasteiger partial charge in [-0.25, -0.2) is 4.98 Å². The van der Waals surface area contributed by atoms with Crippen molar-refractivity contribution in [1.82, 2.24) is 9.88 Å². The average Bonchev–Trinajstić information content (AvgIpc) is 2.86. The predicted molar refractivity (Wildman–Crippen MR) is 69.3 cm³/mol. The second-order valence-corrected chi connectivity index (χ2v) is 5.87. The van der Waals surface area contributed by atoms with Crippen LogP contribution in [0.3, 0.4) is 0 Å². The molecule has 0 unspecified atom stereocenters. The lowest BCUT2D eigenvalue weighted by molar-refractivity contribution is 0.0726. The van der Waals surface area contributed by atoms with Gasteiger partial charge in [-0.2, -0.15) is 0 Å². The summed E-state index contributed by atoms with van der Waals surface area (Å²) in [5.74, 6) is 0.0714. The number of thiazole rings is 1. The lowest BCUT2D eigenvalue weighted by atomic mass is 10.3. The monoisotopic (exact) mass is 264 g/mol. The van der Waals surface area contributed by atoms with Crippen LogP contribution in [0.5, 0.6) is 0 Å². The van der Waals surface area contributed by atoms with Crippen molar-refractivity contribution in [2.75, 3.05) is 0 Å². The van der Waals surface area contributed by atoms with Crippen LogP contribution in [-0.2, 0) is 6.54 Å². The zero-order chi connectivity index (χ0) is 11.7. The summed E-state index contributed by atoms with van der Waals surface area (Å²) in [7, 11) is 0. The van der Waals surface area contributed by atoms with Crippen LogP contribution in [-0.4, -0.2) is 21.8 Å². The Bertz CT molecular complexity index is 489. The molecule has 2 aromatic rings. The van der Waals surface area contributed by atoms with E-state index in [1.165, 1.54) is 16.2 Å². The van der Waals surface area contributed by atoms with E-state index in [2.05, 4.69) is 11.1 Å². The van der Waals surface area contributed by atoms with Gasteiger partial charge in [0.15, 0.2) is 0 Å². The van der Waals surface area contributed by atoms with Gasteiger partial charge in [-0.3, -0.25) is 4.79 Å². The maximum absolute atomic E-state index is 12.3. The van der Waals surface area contributed by atoms with Crippen molar-refractivity contribution >= 4 is 28.6 Å². The van der Waals surface area contributed by atoms with Crippen LogP contribution < -0.4 is 0 Å². The van der Waals surface area contributed by atoms with E-state index in [-0.39, 0.29) is 5.91 Å². The fourth-order valence-electron chi connectivity index (χ4n) is 1.79. The Labute approximate surface area is 108 Å². The van der Waals surface area contributed by atoms with Crippen LogP contribution in [0.25, 0.3) is 0 Å². The van der Waals surface area contributed by atoms with Crippen LogP contribution in [0, 0.1) is 0 Å². The number of aromatic nitrogens is 1. The summed E-state index contributed by atoms with van der Waals surface area (Å²) in [4.78, 5) is 19.6. The van der Waals surface area contributed by atoms with Gasteiger partial charge in [-0.05, 0) is 24.3 Å². The molecule has 17 heavy (non-hydrogen) atoms. The molecule has 1 amide bonds. The Morgan fingerprint density at radius 1 is 1.53 bits per heavy atom. The minimum absolute atomic E-state index is 0.0714. The summed E-state index contributed by atoms with van der Waals surface area (Å²) >= 11 is 3.17. The lowest BCUT2D eigenvalue weighted by Crippen LogP contribution is -2.32. The maximum atomic E-state index is 12.3. The van der Waals surface area contributed by atoms with Gasteiger partial charge in [0.05, 0.1) is 12.1 Å². The van der Waals surface area contributed by atoms with E-state index in [0.717, 1.165) is 19.4 Å². The molecule has 0 aromatic carbocycles. The first-order valence-corrected chi connectivity index (χ1v) is 7.38. The normalized spacial score (nSPS) is 14.8. The maximum Gasteiger partial charge on any atom is 0.273 e. The zero-order valence-corrected chi connectivity index (χ0v) is 10.8. The Hall–Kier alpha value is -1.20. The van der Waals surface area contributed by atoms with Crippen LogP contribution in [0.4, 0.5) is 0 Å².